The molecule has 0 aliphatic heterocycles. The van der Waals surface area contributed by atoms with Crippen LogP contribution in [0.1, 0.15) is 46.5 Å². The Morgan fingerprint density at radius 1 is 1.37 bits per heavy atom. The molecular formula is C23H31ClFNO4. The van der Waals surface area contributed by atoms with E-state index in [0.717, 1.165) is 5.57 Å². The minimum atomic E-state index is -1.96. The first kappa shape index (κ1) is 22.0. The fourth-order valence-electron chi connectivity index (χ4n) is 7.33. The number of halogens is 2. The molecule has 0 radical (unpaired) electrons. The quantitative estimate of drug-likeness (QED) is 0.590. The molecule has 166 valence electrons. The van der Waals surface area contributed by atoms with Crippen LogP contribution in [0, 0.1) is 28.6 Å². The summed E-state index contributed by atoms with van der Waals surface area (Å²) in [5, 5.41) is 25.6. The maximum absolute atomic E-state index is 17.0. The second kappa shape index (κ2) is 6.88. The van der Waals surface area contributed by atoms with E-state index in [4.69, 9.17) is 11.6 Å². The van der Waals surface area contributed by atoms with Crippen LogP contribution >= 0.6 is 11.6 Å². The van der Waals surface area contributed by atoms with Crippen LogP contribution in [-0.4, -0.2) is 51.7 Å². The van der Waals surface area contributed by atoms with E-state index in [1.807, 2.05) is 13.8 Å². The molecule has 0 saturated heterocycles. The molecule has 0 spiro atoms. The van der Waals surface area contributed by atoms with E-state index in [9.17, 15) is 19.8 Å². The van der Waals surface area contributed by atoms with Crippen molar-refractivity contribution < 1.29 is 24.2 Å². The Labute approximate surface area is 181 Å². The lowest BCUT2D eigenvalue weighted by molar-refractivity contribution is -0.219. The van der Waals surface area contributed by atoms with Crippen molar-refractivity contribution in [2.75, 3.05) is 12.4 Å². The minimum absolute atomic E-state index is 0.0234. The number of rotatable bonds is 3. The van der Waals surface area contributed by atoms with E-state index in [-0.39, 0.29) is 36.5 Å². The molecule has 0 aromatic carbocycles. The van der Waals surface area contributed by atoms with Crippen molar-refractivity contribution in [2.24, 2.45) is 28.6 Å². The molecule has 3 N–H and O–H groups in total. The van der Waals surface area contributed by atoms with Crippen LogP contribution in [0.5, 0.6) is 0 Å². The molecular weight excluding hydrogens is 409 g/mol. The van der Waals surface area contributed by atoms with Gasteiger partial charge in [-0.15, -0.1) is 11.6 Å². The van der Waals surface area contributed by atoms with Gasteiger partial charge in [-0.25, -0.2) is 4.39 Å². The van der Waals surface area contributed by atoms with Crippen molar-refractivity contribution in [3.63, 3.8) is 0 Å². The SMILES string of the molecule is C[C@@H]1C[C@H]2[C@@H]3CCC4=CC(=O)C=C[C@]4(C)[C@@]3(F)[C@@H](O)C[C@]2(C)[C@@]1(O)C(=O)NCCCl. The Hall–Kier alpha value is -1.24. The number of hydrogen-bond donors (Lipinski definition) is 3. The fourth-order valence-corrected chi connectivity index (χ4v) is 7.42. The standard InChI is InChI=1S/C23H31ClFNO4/c1-13-10-17-16-5-4-14-11-15(27)6-7-20(14,2)22(16,25)18(28)12-21(17,3)23(13,30)19(29)26-9-8-24/h6-7,11,13,16-18,28,30H,4-5,8-10,12H2,1-3H3,(H,26,29)/t13-,16+,17+,18+,20+,21+,22+,23+/m1/s1. The summed E-state index contributed by atoms with van der Waals surface area (Å²) in [6, 6.07) is 0. The highest BCUT2D eigenvalue weighted by Gasteiger charge is 2.75. The largest absolute Gasteiger partial charge is 0.390 e. The molecule has 4 aliphatic rings. The smallest absolute Gasteiger partial charge is 0.252 e. The third kappa shape index (κ3) is 2.47. The second-order valence-electron chi connectivity index (χ2n) is 10.1. The van der Waals surface area contributed by atoms with Gasteiger partial charge < -0.3 is 15.5 Å². The van der Waals surface area contributed by atoms with Gasteiger partial charge in [-0.3, -0.25) is 9.59 Å². The average Bonchev–Trinajstić information content (AvgIpc) is 2.89. The number of fused-ring (bicyclic) bond motifs is 5. The van der Waals surface area contributed by atoms with Gasteiger partial charge in [-0.2, -0.15) is 0 Å². The Morgan fingerprint density at radius 2 is 2.07 bits per heavy atom. The van der Waals surface area contributed by atoms with Crippen molar-refractivity contribution in [3.05, 3.63) is 23.8 Å². The summed E-state index contributed by atoms with van der Waals surface area (Å²) in [6.07, 6.45) is 4.66. The van der Waals surface area contributed by atoms with Crippen molar-refractivity contribution >= 4 is 23.3 Å². The molecule has 0 unspecified atom stereocenters. The molecule has 7 heteroatoms. The molecule has 30 heavy (non-hydrogen) atoms. The van der Waals surface area contributed by atoms with Crippen LogP contribution in [0.25, 0.3) is 0 Å². The first-order valence-corrected chi connectivity index (χ1v) is 11.4. The lowest BCUT2D eigenvalue weighted by Crippen LogP contribution is -2.70. The number of aliphatic hydroxyl groups excluding tert-OH is 1. The van der Waals surface area contributed by atoms with Crippen LogP contribution in [0.15, 0.2) is 23.8 Å². The van der Waals surface area contributed by atoms with E-state index >= 15 is 4.39 Å². The Kier molecular flexibility index (Phi) is 5.04. The molecule has 4 aliphatic carbocycles. The molecule has 0 heterocycles. The van der Waals surface area contributed by atoms with Gasteiger partial charge >= 0.3 is 0 Å². The summed E-state index contributed by atoms with van der Waals surface area (Å²) in [7, 11) is 0. The summed E-state index contributed by atoms with van der Waals surface area (Å²) >= 11 is 5.71. The molecule has 5 nitrogen and oxygen atoms in total. The van der Waals surface area contributed by atoms with Crippen LogP contribution < -0.4 is 5.32 Å². The van der Waals surface area contributed by atoms with E-state index in [1.165, 1.54) is 12.2 Å². The molecule has 3 fully saturated rings. The van der Waals surface area contributed by atoms with E-state index in [2.05, 4.69) is 5.32 Å². The number of nitrogens with one attached hydrogen (secondary N) is 1. The van der Waals surface area contributed by atoms with E-state index in [0.29, 0.717) is 19.3 Å². The monoisotopic (exact) mass is 439 g/mol. The maximum Gasteiger partial charge on any atom is 0.252 e. The number of hydrogen-bond acceptors (Lipinski definition) is 4. The predicted molar refractivity (Wildman–Crippen MR) is 112 cm³/mol. The normalized spacial score (nSPS) is 49.7. The molecule has 0 aromatic heterocycles. The molecule has 3 saturated carbocycles. The summed E-state index contributed by atoms with van der Waals surface area (Å²) in [4.78, 5) is 24.9. The first-order chi connectivity index (χ1) is 14.0. The van der Waals surface area contributed by atoms with Gasteiger partial charge in [0.05, 0.1) is 6.10 Å². The zero-order valence-corrected chi connectivity index (χ0v) is 18.5. The molecule has 8 atom stereocenters. The van der Waals surface area contributed by atoms with Gasteiger partial charge in [0.25, 0.3) is 5.91 Å². The number of allylic oxidation sites excluding steroid dienone is 4. The summed E-state index contributed by atoms with van der Waals surface area (Å²) in [6.45, 7) is 5.64. The lowest BCUT2D eigenvalue weighted by Gasteiger charge is -2.62. The molecule has 1 amide bonds. The van der Waals surface area contributed by atoms with Gasteiger partial charge in [-0.05, 0) is 56.6 Å². The third-order valence-corrected chi connectivity index (χ3v) is 9.14. The van der Waals surface area contributed by atoms with Crippen LogP contribution in [0.4, 0.5) is 4.39 Å². The topological polar surface area (TPSA) is 86.6 Å². The van der Waals surface area contributed by atoms with Crippen LogP contribution in [-0.2, 0) is 9.59 Å². The number of carbonyl (C=O) groups excluding carboxylic acids is 2. The summed E-state index contributed by atoms with van der Waals surface area (Å²) in [5.41, 5.74) is -4.99. The van der Waals surface area contributed by atoms with Gasteiger partial charge in [-0.1, -0.05) is 25.5 Å². The zero-order valence-electron chi connectivity index (χ0n) is 17.8. The van der Waals surface area contributed by atoms with Gasteiger partial charge in [0.15, 0.2) is 17.1 Å². The van der Waals surface area contributed by atoms with Gasteiger partial charge in [0.2, 0.25) is 0 Å². The molecule has 0 bridgehead atoms. The molecule has 4 rings (SSSR count). The average molecular weight is 440 g/mol. The highest BCUT2D eigenvalue weighted by atomic mass is 35.5. The summed E-state index contributed by atoms with van der Waals surface area (Å²) < 4.78 is 17.0. The Bertz CT molecular complexity index is 845. The highest BCUT2D eigenvalue weighted by Crippen LogP contribution is 2.70. The number of amides is 1. The maximum atomic E-state index is 17.0. The van der Waals surface area contributed by atoms with E-state index in [1.54, 1.807) is 13.0 Å². The molecule has 0 aromatic rings. The van der Waals surface area contributed by atoms with Crippen molar-refractivity contribution in [3.8, 4) is 0 Å². The van der Waals surface area contributed by atoms with E-state index < -0.39 is 40.0 Å². The predicted octanol–water partition coefficient (Wildman–Crippen LogP) is 2.69. The zero-order chi connectivity index (χ0) is 22.1. The number of ketones is 1. The highest BCUT2D eigenvalue weighted by molar-refractivity contribution is 6.18. The second-order valence-corrected chi connectivity index (χ2v) is 10.5. The number of aliphatic hydroxyl groups is 2. The minimum Gasteiger partial charge on any atom is -0.390 e. The number of alkyl halides is 2. The Balaban J connectivity index is 1.77. The fraction of sp³-hybridized carbons (Fsp3) is 0.739. The third-order valence-electron chi connectivity index (χ3n) is 8.95. The van der Waals surface area contributed by atoms with Crippen LogP contribution in [0.2, 0.25) is 0 Å². The van der Waals surface area contributed by atoms with Gasteiger partial charge in [0, 0.05) is 29.2 Å². The number of carbonyl (C=O) groups is 2. The summed E-state index contributed by atoms with van der Waals surface area (Å²) in [5.74, 6) is -1.59. The van der Waals surface area contributed by atoms with Crippen LogP contribution in [0.3, 0.4) is 0 Å². The van der Waals surface area contributed by atoms with Crippen molar-refractivity contribution in [1.82, 2.24) is 5.32 Å². The van der Waals surface area contributed by atoms with Gasteiger partial charge in [0.1, 0.15) is 0 Å². The Morgan fingerprint density at radius 3 is 2.73 bits per heavy atom. The van der Waals surface area contributed by atoms with Crippen molar-refractivity contribution in [2.45, 2.75) is 63.8 Å². The first-order valence-electron chi connectivity index (χ1n) is 10.8. The van der Waals surface area contributed by atoms with Crippen molar-refractivity contribution in [1.29, 1.82) is 0 Å². The lowest BCUT2D eigenvalue weighted by atomic mass is 9.44.